The van der Waals surface area contributed by atoms with E-state index in [-0.39, 0.29) is 17.9 Å². The molecule has 3 rings (SSSR count). The Morgan fingerprint density at radius 2 is 1.94 bits per heavy atom. The van der Waals surface area contributed by atoms with E-state index in [0.29, 0.717) is 28.1 Å². The van der Waals surface area contributed by atoms with E-state index in [1.807, 2.05) is 6.92 Å². The van der Waals surface area contributed by atoms with Gasteiger partial charge in [0, 0.05) is 17.5 Å². The highest BCUT2D eigenvalue weighted by atomic mass is 35.5. The number of carbonyl (C=O) groups excluding carboxylic acids is 2. The van der Waals surface area contributed by atoms with Crippen LogP contribution in [0.1, 0.15) is 36.6 Å². The highest BCUT2D eigenvalue weighted by Gasteiger charge is 2.28. The smallest absolute Gasteiger partial charge is 0.243 e. The van der Waals surface area contributed by atoms with Crippen molar-refractivity contribution in [1.29, 1.82) is 0 Å². The van der Waals surface area contributed by atoms with Crippen LogP contribution in [0.2, 0.25) is 10.0 Å². The van der Waals surface area contributed by atoms with Crippen molar-refractivity contribution in [3.63, 3.8) is 0 Å². The van der Waals surface area contributed by atoms with Crippen LogP contribution in [0.25, 0.3) is 0 Å². The Hall–Kier alpha value is -1.87. The quantitative estimate of drug-likeness (QED) is 0.534. The fourth-order valence-corrected chi connectivity index (χ4v) is 4.52. The van der Waals surface area contributed by atoms with Crippen molar-refractivity contribution in [2.45, 2.75) is 51.2 Å². The van der Waals surface area contributed by atoms with Crippen LogP contribution < -0.4 is 16.4 Å². The summed E-state index contributed by atoms with van der Waals surface area (Å²) in [5, 5.41) is 7.10. The lowest BCUT2D eigenvalue weighted by Crippen LogP contribution is -2.54. The second-order valence-electron chi connectivity index (χ2n) is 7.67. The number of halogens is 2. The summed E-state index contributed by atoms with van der Waals surface area (Å²) in [6.07, 6.45) is 5.29. The number of nitrogen functional groups attached to an aromatic ring is 1. The molecular weight excluding hydrogens is 457 g/mol. The van der Waals surface area contributed by atoms with Gasteiger partial charge in [0.2, 0.25) is 11.8 Å². The molecular formula is C21H27Cl2N5O2S. The number of amides is 2. The summed E-state index contributed by atoms with van der Waals surface area (Å²) in [5.41, 5.74) is 6.46. The van der Waals surface area contributed by atoms with Gasteiger partial charge in [0.25, 0.3) is 0 Å². The average Bonchev–Trinajstić information content (AvgIpc) is 3.19. The fraction of sp³-hybridized carbons (Fsp3) is 0.476. The van der Waals surface area contributed by atoms with Gasteiger partial charge in [-0.3, -0.25) is 14.5 Å². The third-order valence-corrected chi connectivity index (χ3v) is 6.95. The lowest BCUT2D eigenvalue weighted by atomic mass is 10.0. The molecule has 1 aromatic heterocycles. The Bertz CT molecular complexity index is 917. The summed E-state index contributed by atoms with van der Waals surface area (Å²) >= 11 is 13.5. The number of likely N-dealkylation sites (tertiary alicyclic amines) is 1. The molecule has 7 nitrogen and oxygen atoms in total. The van der Waals surface area contributed by atoms with Crippen molar-refractivity contribution < 1.29 is 9.59 Å². The zero-order chi connectivity index (χ0) is 22.4. The standard InChI is InChI=1S/C21H27Cl2N5O2S/c1-13(28-7-3-2-4-8-28)19(29)27-18(10-14-5-6-16(22)17(23)9-14)20(30)25-11-15-12-26-21(24)31-15/h5-6,9,12-13,18H,2-4,7-8,10-11H2,1H3,(H2,24,26)(H,25,30)(H,27,29)/t13?,18-/m0/s1. The molecule has 2 aromatic rings. The van der Waals surface area contributed by atoms with E-state index in [1.54, 1.807) is 24.4 Å². The number of nitrogens with one attached hydrogen (secondary N) is 2. The Labute approximate surface area is 196 Å². The highest BCUT2D eigenvalue weighted by Crippen LogP contribution is 2.23. The van der Waals surface area contributed by atoms with Gasteiger partial charge in [0.1, 0.15) is 6.04 Å². The first kappa shape index (κ1) is 23.8. The van der Waals surface area contributed by atoms with E-state index in [2.05, 4.69) is 20.5 Å². The van der Waals surface area contributed by atoms with Gasteiger partial charge in [-0.05, 0) is 50.6 Å². The minimum Gasteiger partial charge on any atom is -0.375 e. The van der Waals surface area contributed by atoms with Gasteiger partial charge in [-0.25, -0.2) is 4.98 Å². The number of hydrogen-bond acceptors (Lipinski definition) is 6. The zero-order valence-corrected chi connectivity index (χ0v) is 19.7. The Balaban J connectivity index is 1.69. The van der Waals surface area contributed by atoms with Gasteiger partial charge in [-0.1, -0.05) is 35.7 Å². The van der Waals surface area contributed by atoms with Crippen LogP contribution in [0, 0.1) is 0 Å². The van der Waals surface area contributed by atoms with Gasteiger partial charge in [0.05, 0.1) is 22.6 Å². The summed E-state index contributed by atoms with van der Waals surface area (Å²) < 4.78 is 0. The first-order chi connectivity index (χ1) is 14.8. The van der Waals surface area contributed by atoms with Crippen molar-refractivity contribution in [3.05, 3.63) is 44.9 Å². The van der Waals surface area contributed by atoms with Crippen molar-refractivity contribution in [3.8, 4) is 0 Å². The molecule has 10 heteroatoms. The van der Waals surface area contributed by atoms with Crippen LogP contribution in [0.5, 0.6) is 0 Å². The van der Waals surface area contributed by atoms with Crippen LogP contribution in [-0.4, -0.2) is 46.9 Å². The Morgan fingerprint density at radius 1 is 1.19 bits per heavy atom. The average molecular weight is 484 g/mol. The molecule has 2 amide bonds. The molecule has 1 saturated heterocycles. The first-order valence-electron chi connectivity index (χ1n) is 10.3. The minimum absolute atomic E-state index is 0.163. The van der Waals surface area contributed by atoms with E-state index < -0.39 is 6.04 Å². The maximum Gasteiger partial charge on any atom is 0.243 e. The number of benzene rings is 1. The van der Waals surface area contributed by atoms with Crippen LogP contribution >= 0.6 is 34.5 Å². The minimum atomic E-state index is -0.748. The fourth-order valence-electron chi connectivity index (χ4n) is 3.58. The van der Waals surface area contributed by atoms with Crippen LogP contribution in [-0.2, 0) is 22.6 Å². The predicted octanol–water partition coefficient (Wildman–Crippen LogP) is 3.25. The largest absolute Gasteiger partial charge is 0.375 e. The number of nitrogens with two attached hydrogens (primary N) is 1. The number of piperidine rings is 1. The Kier molecular flexibility index (Phi) is 8.54. The third kappa shape index (κ3) is 6.80. The molecule has 1 aliphatic heterocycles. The molecule has 0 radical (unpaired) electrons. The molecule has 1 fully saturated rings. The molecule has 31 heavy (non-hydrogen) atoms. The molecule has 168 valence electrons. The molecule has 1 aliphatic rings. The second kappa shape index (κ2) is 11.1. The van der Waals surface area contributed by atoms with Gasteiger partial charge >= 0.3 is 0 Å². The van der Waals surface area contributed by atoms with E-state index in [4.69, 9.17) is 28.9 Å². The van der Waals surface area contributed by atoms with Gasteiger partial charge in [-0.15, -0.1) is 11.3 Å². The maximum atomic E-state index is 13.0. The number of thiazole rings is 1. The lowest BCUT2D eigenvalue weighted by molar-refractivity contribution is -0.132. The molecule has 1 unspecified atom stereocenters. The second-order valence-corrected chi connectivity index (χ2v) is 9.63. The lowest BCUT2D eigenvalue weighted by Gasteiger charge is -2.32. The summed E-state index contributed by atoms with van der Waals surface area (Å²) in [6.45, 7) is 3.97. The number of nitrogens with zero attached hydrogens (tertiary/aromatic N) is 2. The van der Waals surface area contributed by atoms with Crippen LogP contribution in [0.4, 0.5) is 5.13 Å². The SMILES string of the molecule is CC(C(=O)N[C@@H](Cc1ccc(Cl)c(Cl)c1)C(=O)NCc1cnc(N)s1)N1CCCCC1. The summed E-state index contributed by atoms with van der Waals surface area (Å²) in [5.74, 6) is -0.443. The number of anilines is 1. The van der Waals surface area contributed by atoms with Crippen molar-refractivity contribution in [1.82, 2.24) is 20.5 Å². The number of carbonyl (C=O) groups is 2. The third-order valence-electron chi connectivity index (χ3n) is 5.38. The zero-order valence-electron chi connectivity index (χ0n) is 17.4. The number of hydrogen-bond donors (Lipinski definition) is 3. The van der Waals surface area contributed by atoms with E-state index in [0.717, 1.165) is 36.4 Å². The van der Waals surface area contributed by atoms with Crippen LogP contribution in [0.3, 0.4) is 0 Å². The summed E-state index contributed by atoms with van der Waals surface area (Å²) in [6, 6.07) is 4.16. The normalized spacial score (nSPS) is 16.5. The molecule has 0 spiro atoms. The highest BCUT2D eigenvalue weighted by molar-refractivity contribution is 7.15. The molecule has 1 aromatic carbocycles. The topological polar surface area (TPSA) is 100 Å². The predicted molar refractivity (Wildman–Crippen MR) is 125 cm³/mol. The molecule has 4 N–H and O–H groups in total. The molecule has 0 saturated carbocycles. The van der Waals surface area contributed by atoms with E-state index in [9.17, 15) is 9.59 Å². The number of aromatic nitrogens is 1. The van der Waals surface area contributed by atoms with E-state index >= 15 is 0 Å². The molecule has 0 bridgehead atoms. The first-order valence-corrected chi connectivity index (χ1v) is 11.9. The van der Waals surface area contributed by atoms with Crippen molar-refractivity contribution in [2.24, 2.45) is 0 Å². The van der Waals surface area contributed by atoms with Gasteiger partial charge in [-0.2, -0.15) is 0 Å². The van der Waals surface area contributed by atoms with Gasteiger partial charge in [0.15, 0.2) is 5.13 Å². The molecule has 2 atom stereocenters. The van der Waals surface area contributed by atoms with Gasteiger partial charge < -0.3 is 16.4 Å². The molecule has 0 aliphatic carbocycles. The maximum absolute atomic E-state index is 13.0. The summed E-state index contributed by atoms with van der Waals surface area (Å²) in [7, 11) is 0. The van der Waals surface area contributed by atoms with E-state index in [1.165, 1.54) is 17.8 Å². The number of rotatable bonds is 8. The van der Waals surface area contributed by atoms with Crippen molar-refractivity contribution >= 4 is 51.5 Å². The summed E-state index contributed by atoms with van der Waals surface area (Å²) in [4.78, 5) is 32.9. The molecule has 2 heterocycles. The monoisotopic (exact) mass is 483 g/mol. The van der Waals surface area contributed by atoms with Crippen LogP contribution in [0.15, 0.2) is 24.4 Å². The van der Waals surface area contributed by atoms with Crippen molar-refractivity contribution in [2.75, 3.05) is 18.8 Å². The Morgan fingerprint density at radius 3 is 2.58 bits per heavy atom.